The number of benzene rings is 1. The molecule has 0 amide bonds. The second-order valence-corrected chi connectivity index (χ2v) is 6.87. The molecule has 2 aromatic rings. The first-order valence-corrected chi connectivity index (χ1v) is 8.84. The van der Waals surface area contributed by atoms with E-state index in [0.29, 0.717) is 12.5 Å². The Labute approximate surface area is 146 Å². The van der Waals surface area contributed by atoms with Crippen LogP contribution in [0.5, 0.6) is 0 Å². The van der Waals surface area contributed by atoms with Crippen LogP contribution in [-0.4, -0.2) is 29.1 Å². The molecule has 0 bridgehead atoms. The topological polar surface area (TPSA) is 36.3 Å². The van der Waals surface area contributed by atoms with Crippen molar-refractivity contribution in [1.29, 1.82) is 0 Å². The fourth-order valence-corrected chi connectivity index (χ4v) is 2.57. The fourth-order valence-electron chi connectivity index (χ4n) is 2.24. The van der Waals surface area contributed by atoms with Gasteiger partial charge in [0, 0.05) is 19.3 Å². The molecule has 0 unspecified atom stereocenters. The second-order valence-electron chi connectivity index (χ2n) is 5.96. The van der Waals surface area contributed by atoms with Gasteiger partial charge in [-0.1, -0.05) is 37.3 Å². The van der Waals surface area contributed by atoms with E-state index in [4.69, 9.17) is 9.47 Å². The molecule has 1 aromatic heterocycles. The van der Waals surface area contributed by atoms with Crippen molar-refractivity contribution in [3.63, 3.8) is 0 Å². The first-order chi connectivity index (χ1) is 11.1. The summed E-state index contributed by atoms with van der Waals surface area (Å²) >= 11 is 3.40. The van der Waals surface area contributed by atoms with Crippen molar-refractivity contribution in [1.82, 2.24) is 9.78 Å². The van der Waals surface area contributed by atoms with E-state index in [2.05, 4.69) is 47.0 Å². The maximum absolute atomic E-state index is 5.83. The molecule has 126 valence electrons. The third-order valence-electron chi connectivity index (χ3n) is 3.55. The summed E-state index contributed by atoms with van der Waals surface area (Å²) in [6.07, 6.45) is 4.90. The highest BCUT2D eigenvalue weighted by atomic mass is 79.9. The van der Waals surface area contributed by atoms with Gasteiger partial charge < -0.3 is 9.47 Å². The van der Waals surface area contributed by atoms with Crippen LogP contribution in [0.1, 0.15) is 25.8 Å². The Kier molecular flexibility index (Phi) is 7.79. The number of hydrogen-bond donors (Lipinski definition) is 0. The Hall–Kier alpha value is -1.17. The lowest BCUT2D eigenvalue weighted by molar-refractivity contribution is 0.0158. The molecular weight excluding hydrogens is 356 g/mol. The van der Waals surface area contributed by atoms with E-state index in [1.807, 2.05) is 29.1 Å². The monoisotopic (exact) mass is 380 g/mol. The molecule has 1 heterocycles. The van der Waals surface area contributed by atoms with E-state index >= 15 is 0 Å². The van der Waals surface area contributed by atoms with Crippen LogP contribution < -0.4 is 0 Å². The van der Waals surface area contributed by atoms with Crippen molar-refractivity contribution in [3.05, 3.63) is 52.8 Å². The van der Waals surface area contributed by atoms with Crippen LogP contribution in [-0.2, 0) is 22.6 Å². The molecule has 2 atom stereocenters. The smallest absolute Gasteiger partial charge is 0.0720 e. The van der Waals surface area contributed by atoms with E-state index in [1.54, 1.807) is 6.20 Å². The molecule has 5 heteroatoms. The van der Waals surface area contributed by atoms with Crippen LogP contribution in [0.4, 0.5) is 0 Å². The highest BCUT2D eigenvalue weighted by Gasteiger charge is 2.07. The van der Waals surface area contributed by atoms with Gasteiger partial charge in [0.05, 0.1) is 30.0 Å². The molecule has 0 saturated carbocycles. The summed E-state index contributed by atoms with van der Waals surface area (Å²) in [5, 5.41) is 4.26. The van der Waals surface area contributed by atoms with Gasteiger partial charge in [-0.2, -0.15) is 5.10 Å². The molecule has 0 spiro atoms. The molecule has 0 fully saturated rings. The molecule has 23 heavy (non-hydrogen) atoms. The van der Waals surface area contributed by atoms with Gasteiger partial charge in [0.15, 0.2) is 0 Å². The van der Waals surface area contributed by atoms with E-state index in [1.165, 1.54) is 5.56 Å². The lowest BCUT2D eigenvalue weighted by Crippen LogP contribution is -2.17. The Morgan fingerprint density at radius 2 is 2.00 bits per heavy atom. The molecule has 0 saturated heterocycles. The lowest BCUT2D eigenvalue weighted by atomic mass is 10.2. The zero-order chi connectivity index (χ0) is 16.5. The van der Waals surface area contributed by atoms with Crippen LogP contribution in [0.3, 0.4) is 0 Å². The maximum atomic E-state index is 5.83. The first-order valence-electron chi connectivity index (χ1n) is 8.04. The average molecular weight is 381 g/mol. The van der Waals surface area contributed by atoms with Crippen molar-refractivity contribution >= 4 is 15.9 Å². The van der Waals surface area contributed by atoms with Gasteiger partial charge in [-0.15, -0.1) is 0 Å². The summed E-state index contributed by atoms with van der Waals surface area (Å²) in [7, 11) is 0. The van der Waals surface area contributed by atoms with Crippen LogP contribution in [0, 0.1) is 5.92 Å². The Morgan fingerprint density at radius 1 is 1.22 bits per heavy atom. The predicted molar refractivity (Wildman–Crippen MR) is 95.2 cm³/mol. The van der Waals surface area contributed by atoms with Crippen molar-refractivity contribution in [2.45, 2.75) is 39.5 Å². The Bertz CT molecular complexity index is 559. The van der Waals surface area contributed by atoms with Crippen molar-refractivity contribution in [2.24, 2.45) is 5.92 Å². The van der Waals surface area contributed by atoms with E-state index < -0.39 is 0 Å². The quantitative estimate of drug-likeness (QED) is 0.576. The molecule has 0 aliphatic carbocycles. The van der Waals surface area contributed by atoms with E-state index in [0.717, 1.165) is 30.7 Å². The Balaban J connectivity index is 1.54. The van der Waals surface area contributed by atoms with Crippen molar-refractivity contribution in [3.8, 4) is 0 Å². The summed E-state index contributed by atoms with van der Waals surface area (Å²) in [4.78, 5) is 0. The van der Waals surface area contributed by atoms with Gasteiger partial charge in [0.25, 0.3) is 0 Å². The number of nitrogens with zero attached hydrogens (tertiary/aromatic N) is 2. The molecule has 0 radical (unpaired) electrons. The number of halogens is 1. The maximum Gasteiger partial charge on any atom is 0.0720 e. The third-order valence-corrected chi connectivity index (χ3v) is 3.96. The van der Waals surface area contributed by atoms with Crippen LogP contribution in [0.15, 0.2) is 47.2 Å². The minimum absolute atomic E-state index is 0.201. The summed E-state index contributed by atoms with van der Waals surface area (Å²) < 4.78 is 14.5. The zero-order valence-corrected chi connectivity index (χ0v) is 15.4. The minimum atomic E-state index is 0.201. The lowest BCUT2D eigenvalue weighted by Gasteiger charge is -2.15. The summed E-state index contributed by atoms with van der Waals surface area (Å²) in [5.41, 5.74) is 1.21. The molecular formula is C18H25BrN2O2. The minimum Gasteiger partial charge on any atom is -0.381 e. The van der Waals surface area contributed by atoms with Gasteiger partial charge in [0.2, 0.25) is 0 Å². The van der Waals surface area contributed by atoms with Crippen molar-refractivity contribution in [2.75, 3.05) is 13.2 Å². The van der Waals surface area contributed by atoms with Gasteiger partial charge in [0.1, 0.15) is 0 Å². The molecule has 2 rings (SSSR count). The van der Waals surface area contributed by atoms with Gasteiger partial charge in [-0.25, -0.2) is 0 Å². The Morgan fingerprint density at radius 3 is 2.70 bits per heavy atom. The number of hydrogen-bond acceptors (Lipinski definition) is 3. The largest absolute Gasteiger partial charge is 0.381 e. The number of rotatable bonds is 10. The summed E-state index contributed by atoms with van der Waals surface area (Å²) in [6, 6.07) is 10.2. The van der Waals surface area contributed by atoms with Gasteiger partial charge >= 0.3 is 0 Å². The van der Waals surface area contributed by atoms with E-state index in [9.17, 15) is 0 Å². The fraction of sp³-hybridized carbons (Fsp3) is 0.500. The summed E-state index contributed by atoms with van der Waals surface area (Å²) in [5.74, 6) is 0.433. The number of ether oxygens (including phenoxy) is 2. The summed E-state index contributed by atoms with van der Waals surface area (Å²) in [6.45, 7) is 7.26. The molecule has 4 nitrogen and oxygen atoms in total. The van der Waals surface area contributed by atoms with Gasteiger partial charge in [-0.3, -0.25) is 4.68 Å². The zero-order valence-electron chi connectivity index (χ0n) is 13.8. The standard InChI is InChI=1S/C18H25BrN2O2/c1-15(11-21-12-18(19)10-20-21)13-22-9-8-16(2)23-14-17-6-4-3-5-7-17/h3-7,10,12,15-16H,8-9,11,13-14H2,1-2H3/t15-,16-/m1/s1. The van der Waals surface area contributed by atoms with Crippen LogP contribution in [0.25, 0.3) is 0 Å². The molecule has 1 aromatic carbocycles. The normalized spacial score (nSPS) is 13.9. The van der Waals surface area contributed by atoms with Crippen LogP contribution >= 0.6 is 15.9 Å². The van der Waals surface area contributed by atoms with Crippen molar-refractivity contribution < 1.29 is 9.47 Å². The van der Waals surface area contributed by atoms with Crippen LogP contribution in [0.2, 0.25) is 0 Å². The average Bonchev–Trinajstić information content (AvgIpc) is 2.95. The number of aromatic nitrogens is 2. The first kappa shape index (κ1) is 18.2. The second kappa shape index (κ2) is 9.85. The van der Waals surface area contributed by atoms with E-state index in [-0.39, 0.29) is 6.10 Å². The predicted octanol–water partition coefficient (Wildman–Crippen LogP) is 4.29. The van der Waals surface area contributed by atoms with Gasteiger partial charge in [-0.05, 0) is 40.8 Å². The molecule has 0 aliphatic heterocycles. The molecule has 0 aliphatic rings. The highest BCUT2D eigenvalue weighted by Crippen LogP contribution is 2.09. The SMILES string of the molecule is C[C@@H](COCC[C@@H](C)OCc1ccccc1)Cn1cc(Br)cn1. The third kappa shape index (κ3) is 7.29. The highest BCUT2D eigenvalue weighted by molar-refractivity contribution is 9.10. The molecule has 0 N–H and O–H groups in total.